The molecule has 0 unspecified atom stereocenters. The SMILES string of the molecule is C=CC(=O)N1CCN(c2cn(C)c(CCC(=O)NC)n2)C(=O)C1. The molecule has 2 rings (SSSR count). The van der Waals surface area contributed by atoms with Crippen molar-refractivity contribution in [2.24, 2.45) is 7.05 Å². The highest BCUT2D eigenvalue weighted by atomic mass is 16.2. The minimum Gasteiger partial charge on any atom is -0.359 e. The van der Waals surface area contributed by atoms with E-state index in [2.05, 4.69) is 16.9 Å². The van der Waals surface area contributed by atoms with Crippen LogP contribution in [0.4, 0.5) is 5.82 Å². The van der Waals surface area contributed by atoms with E-state index < -0.39 is 0 Å². The molecule has 3 amide bonds. The number of nitrogens with zero attached hydrogens (tertiary/aromatic N) is 4. The molecule has 1 fully saturated rings. The van der Waals surface area contributed by atoms with E-state index in [9.17, 15) is 14.4 Å². The number of piperazine rings is 1. The topological polar surface area (TPSA) is 87.5 Å². The van der Waals surface area contributed by atoms with E-state index >= 15 is 0 Å². The van der Waals surface area contributed by atoms with Crippen LogP contribution in [0.15, 0.2) is 18.9 Å². The van der Waals surface area contributed by atoms with Crippen LogP contribution in [-0.4, -0.2) is 58.9 Å². The number of imidazole rings is 1. The van der Waals surface area contributed by atoms with Gasteiger partial charge in [-0.2, -0.15) is 0 Å². The number of rotatable bonds is 5. The minimum absolute atomic E-state index is 0.0228. The van der Waals surface area contributed by atoms with Crippen molar-refractivity contribution in [3.05, 3.63) is 24.7 Å². The molecule has 23 heavy (non-hydrogen) atoms. The van der Waals surface area contributed by atoms with Gasteiger partial charge in [-0.1, -0.05) is 6.58 Å². The Bertz CT molecular complexity index is 637. The molecule has 0 aliphatic carbocycles. The Morgan fingerprint density at radius 1 is 1.43 bits per heavy atom. The van der Waals surface area contributed by atoms with Crippen LogP contribution in [0, 0.1) is 0 Å². The molecular weight excluding hydrogens is 298 g/mol. The van der Waals surface area contributed by atoms with Gasteiger partial charge in [-0.3, -0.25) is 19.3 Å². The Morgan fingerprint density at radius 3 is 2.78 bits per heavy atom. The number of amides is 3. The largest absolute Gasteiger partial charge is 0.359 e. The summed E-state index contributed by atoms with van der Waals surface area (Å²) in [6.45, 7) is 4.29. The summed E-state index contributed by atoms with van der Waals surface area (Å²) in [5.74, 6) is 0.811. The van der Waals surface area contributed by atoms with E-state index in [0.29, 0.717) is 31.7 Å². The second-order valence-electron chi connectivity index (χ2n) is 5.31. The lowest BCUT2D eigenvalue weighted by molar-refractivity contribution is -0.133. The van der Waals surface area contributed by atoms with Crippen molar-refractivity contribution in [1.29, 1.82) is 0 Å². The molecule has 1 saturated heterocycles. The second kappa shape index (κ2) is 7.08. The number of hydrogen-bond donors (Lipinski definition) is 1. The Balaban J connectivity index is 2.05. The molecule has 1 aliphatic rings. The maximum absolute atomic E-state index is 12.2. The van der Waals surface area contributed by atoms with Crippen LogP contribution >= 0.6 is 0 Å². The quantitative estimate of drug-likeness (QED) is 0.739. The monoisotopic (exact) mass is 319 g/mol. The zero-order valence-corrected chi connectivity index (χ0v) is 13.4. The lowest BCUT2D eigenvalue weighted by atomic mass is 10.3. The fourth-order valence-electron chi connectivity index (χ4n) is 2.43. The van der Waals surface area contributed by atoms with E-state index in [4.69, 9.17) is 0 Å². The zero-order chi connectivity index (χ0) is 17.0. The molecule has 1 N–H and O–H groups in total. The van der Waals surface area contributed by atoms with Crippen LogP contribution in [0.5, 0.6) is 0 Å². The van der Waals surface area contributed by atoms with E-state index in [1.54, 1.807) is 18.1 Å². The summed E-state index contributed by atoms with van der Waals surface area (Å²) in [5, 5.41) is 2.57. The van der Waals surface area contributed by atoms with Gasteiger partial charge in [-0.05, 0) is 6.08 Å². The van der Waals surface area contributed by atoms with Gasteiger partial charge in [0, 0.05) is 46.2 Å². The number of nitrogens with one attached hydrogen (secondary N) is 1. The van der Waals surface area contributed by atoms with Crippen molar-refractivity contribution >= 4 is 23.5 Å². The van der Waals surface area contributed by atoms with Crippen LogP contribution in [0.3, 0.4) is 0 Å². The van der Waals surface area contributed by atoms with Crippen molar-refractivity contribution < 1.29 is 14.4 Å². The molecule has 0 bridgehead atoms. The minimum atomic E-state index is -0.245. The normalized spacial score (nSPS) is 14.8. The molecule has 2 heterocycles. The van der Waals surface area contributed by atoms with Gasteiger partial charge in [0.2, 0.25) is 17.7 Å². The van der Waals surface area contributed by atoms with Crippen molar-refractivity contribution in [3.63, 3.8) is 0 Å². The molecule has 0 saturated carbocycles. The van der Waals surface area contributed by atoms with Crippen molar-refractivity contribution in [3.8, 4) is 0 Å². The fraction of sp³-hybridized carbons (Fsp3) is 0.467. The summed E-state index contributed by atoms with van der Waals surface area (Å²) in [4.78, 5) is 42.6. The van der Waals surface area contributed by atoms with E-state index in [1.165, 1.54) is 11.0 Å². The first-order valence-corrected chi connectivity index (χ1v) is 7.40. The predicted molar refractivity (Wildman–Crippen MR) is 84.7 cm³/mol. The maximum atomic E-state index is 12.2. The molecular formula is C15H21N5O3. The van der Waals surface area contributed by atoms with Crippen molar-refractivity contribution in [2.75, 3.05) is 31.6 Å². The summed E-state index contributed by atoms with van der Waals surface area (Å²) in [5.41, 5.74) is 0. The molecule has 0 spiro atoms. The molecule has 0 aromatic carbocycles. The summed E-state index contributed by atoms with van der Waals surface area (Å²) in [6.07, 6.45) is 3.82. The first kappa shape index (κ1) is 16.7. The lowest BCUT2D eigenvalue weighted by Gasteiger charge is -2.32. The fourth-order valence-corrected chi connectivity index (χ4v) is 2.43. The molecule has 8 heteroatoms. The van der Waals surface area contributed by atoms with Gasteiger partial charge in [0.25, 0.3) is 0 Å². The highest BCUT2D eigenvalue weighted by Gasteiger charge is 2.28. The Hall–Kier alpha value is -2.64. The van der Waals surface area contributed by atoms with Gasteiger partial charge in [0.1, 0.15) is 12.4 Å². The molecule has 8 nitrogen and oxygen atoms in total. The van der Waals surface area contributed by atoms with Gasteiger partial charge < -0.3 is 14.8 Å². The third kappa shape index (κ3) is 3.77. The summed E-state index contributed by atoms with van der Waals surface area (Å²) < 4.78 is 1.81. The Kier molecular flexibility index (Phi) is 5.15. The smallest absolute Gasteiger partial charge is 0.247 e. The standard InChI is InChI=1S/C15H21N5O3/c1-4-14(22)19-7-8-20(15(23)10-19)12-9-18(3)11(17-12)5-6-13(21)16-2/h4,9H,1,5-8,10H2,2-3H3,(H,16,21). The second-order valence-corrected chi connectivity index (χ2v) is 5.31. The number of aryl methyl sites for hydroxylation is 2. The van der Waals surface area contributed by atoms with Crippen LogP contribution in [-0.2, 0) is 27.9 Å². The summed E-state index contributed by atoms with van der Waals surface area (Å²) in [7, 11) is 3.42. The van der Waals surface area contributed by atoms with Crippen LogP contribution in [0.25, 0.3) is 0 Å². The molecule has 0 atom stereocenters. The van der Waals surface area contributed by atoms with Crippen LogP contribution in [0.1, 0.15) is 12.2 Å². The number of carbonyl (C=O) groups is 3. The third-order valence-electron chi connectivity index (χ3n) is 3.80. The lowest BCUT2D eigenvalue weighted by Crippen LogP contribution is -2.52. The molecule has 0 radical (unpaired) electrons. The third-order valence-corrected chi connectivity index (χ3v) is 3.80. The first-order chi connectivity index (χ1) is 11.0. The Morgan fingerprint density at radius 2 is 2.17 bits per heavy atom. The summed E-state index contributed by atoms with van der Waals surface area (Å²) in [6, 6.07) is 0. The summed E-state index contributed by atoms with van der Waals surface area (Å²) >= 11 is 0. The number of carbonyl (C=O) groups excluding carboxylic acids is 3. The van der Waals surface area contributed by atoms with Crippen molar-refractivity contribution in [1.82, 2.24) is 19.8 Å². The number of aromatic nitrogens is 2. The van der Waals surface area contributed by atoms with E-state index in [-0.39, 0.29) is 24.3 Å². The maximum Gasteiger partial charge on any atom is 0.247 e. The molecule has 124 valence electrons. The van der Waals surface area contributed by atoms with E-state index in [0.717, 1.165) is 5.82 Å². The van der Waals surface area contributed by atoms with Gasteiger partial charge >= 0.3 is 0 Å². The molecule has 1 aliphatic heterocycles. The predicted octanol–water partition coefficient (Wildman–Crippen LogP) is -0.540. The van der Waals surface area contributed by atoms with Gasteiger partial charge in [-0.15, -0.1) is 0 Å². The number of anilines is 1. The van der Waals surface area contributed by atoms with Crippen LogP contribution < -0.4 is 10.2 Å². The van der Waals surface area contributed by atoms with E-state index in [1.807, 2.05) is 11.6 Å². The molecule has 1 aromatic rings. The first-order valence-electron chi connectivity index (χ1n) is 7.40. The highest BCUT2D eigenvalue weighted by molar-refractivity contribution is 5.98. The van der Waals surface area contributed by atoms with Crippen molar-refractivity contribution in [2.45, 2.75) is 12.8 Å². The Labute approximate surface area is 134 Å². The van der Waals surface area contributed by atoms with Crippen LogP contribution in [0.2, 0.25) is 0 Å². The van der Waals surface area contributed by atoms with Gasteiger partial charge in [0.15, 0.2) is 5.82 Å². The van der Waals surface area contributed by atoms with Gasteiger partial charge in [0.05, 0.1) is 0 Å². The van der Waals surface area contributed by atoms with Gasteiger partial charge in [-0.25, -0.2) is 4.98 Å². The zero-order valence-electron chi connectivity index (χ0n) is 13.4. The average Bonchev–Trinajstić information content (AvgIpc) is 2.92. The number of hydrogen-bond acceptors (Lipinski definition) is 4. The molecule has 1 aromatic heterocycles. The highest BCUT2D eigenvalue weighted by Crippen LogP contribution is 2.17. The average molecular weight is 319 g/mol.